The fourth-order valence-electron chi connectivity index (χ4n) is 5.13. The van der Waals surface area contributed by atoms with Crippen LogP contribution in [0.3, 0.4) is 0 Å². The summed E-state index contributed by atoms with van der Waals surface area (Å²) >= 11 is 0. The maximum atomic E-state index is 13.5. The predicted octanol–water partition coefficient (Wildman–Crippen LogP) is 1.70. The van der Waals surface area contributed by atoms with Crippen molar-refractivity contribution in [3.05, 3.63) is 12.7 Å². The van der Waals surface area contributed by atoms with E-state index in [-0.39, 0.29) is 31.6 Å². The van der Waals surface area contributed by atoms with Crippen molar-refractivity contribution in [2.75, 3.05) is 0 Å². The van der Waals surface area contributed by atoms with Crippen molar-refractivity contribution in [1.29, 1.82) is 0 Å². The van der Waals surface area contributed by atoms with E-state index in [9.17, 15) is 28.2 Å². The van der Waals surface area contributed by atoms with Gasteiger partial charge < -0.3 is 14.9 Å². The molecule has 4 bridgehead atoms. The van der Waals surface area contributed by atoms with E-state index in [2.05, 4.69) is 6.58 Å². The van der Waals surface area contributed by atoms with E-state index in [0.29, 0.717) is 6.42 Å². The summed E-state index contributed by atoms with van der Waals surface area (Å²) in [6.45, 7) is 3.20. The van der Waals surface area contributed by atoms with Crippen LogP contribution in [0.5, 0.6) is 0 Å². The molecule has 0 heterocycles. The number of carbonyl (C=O) groups excluding carboxylic acids is 1. The lowest BCUT2D eigenvalue weighted by atomic mass is 9.46. The number of halogens is 3. The minimum Gasteiger partial charge on any atom is -0.455 e. The monoisotopic (exact) mass is 306 g/mol. The predicted molar refractivity (Wildman–Crippen MR) is 65.0 cm³/mol. The van der Waals surface area contributed by atoms with Gasteiger partial charge in [0, 0.05) is 18.9 Å². The molecule has 0 amide bonds. The second kappa shape index (κ2) is 4.01. The number of aliphatic hydroxyl groups is 2. The topological polar surface area (TPSA) is 66.8 Å². The molecular weight excluding hydrogens is 289 g/mol. The second-order valence-electron chi connectivity index (χ2n) is 6.82. The van der Waals surface area contributed by atoms with Crippen LogP contribution in [-0.2, 0) is 9.53 Å². The normalized spacial score (nSPS) is 48.2. The highest BCUT2D eigenvalue weighted by Crippen LogP contribution is 2.66. The highest BCUT2D eigenvalue weighted by atomic mass is 19.4. The molecule has 0 radical (unpaired) electrons. The maximum absolute atomic E-state index is 13.5. The molecule has 0 aliphatic heterocycles. The largest absolute Gasteiger partial charge is 0.455 e. The number of hydrogen-bond acceptors (Lipinski definition) is 4. The Morgan fingerprint density at radius 1 is 1.24 bits per heavy atom. The first kappa shape index (κ1) is 14.8. The van der Waals surface area contributed by atoms with Crippen LogP contribution in [0.2, 0.25) is 0 Å². The number of rotatable bonds is 2. The number of carbonyl (C=O) groups is 1. The highest BCUT2D eigenvalue weighted by Gasteiger charge is 2.76. The Kier molecular flexibility index (Phi) is 2.83. The molecule has 118 valence electrons. The molecule has 0 saturated heterocycles. The lowest BCUT2D eigenvalue weighted by Crippen LogP contribution is -2.75. The third-order valence-corrected chi connectivity index (χ3v) is 5.07. The Bertz CT molecular complexity index is 505. The van der Waals surface area contributed by atoms with Crippen molar-refractivity contribution in [2.45, 2.75) is 55.1 Å². The average Bonchev–Trinajstić information content (AvgIpc) is 2.20. The quantitative estimate of drug-likeness (QED) is 0.602. The van der Waals surface area contributed by atoms with Gasteiger partial charge in [0.15, 0.2) is 0 Å². The van der Waals surface area contributed by atoms with Gasteiger partial charge in [0.05, 0.1) is 11.2 Å². The van der Waals surface area contributed by atoms with Gasteiger partial charge in [0.1, 0.15) is 11.5 Å². The Labute approximate surface area is 119 Å². The van der Waals surface area contributed by atoms with Crippen molar-refractivity contribution < 1.29 is 32.9 Å². The van der Waals surface area contributed by atoms with E-state index >= 15 is 0 Å². The zero-order chi connectivity index (χ0) is 15.7. The van der Waals surface area contributed by atoms with Crippen molar-refractivity contribution >= 4 is 5.97 Å². The van der Waals surface area contributed by atoms with Crippen LogP contribution in [0.25, 0.3) is 0 Å². The summed E-state index contributed by atoms with van der Waals surface area (Å²) in [5, 5.41) is 21.0. The first-order valence-electron chi connectivity index (χ1n) is 6.89. The molecule has 0 spiro atoms. The van der Waals surface area contributed by atoms with Gasteiger partial charge in [-0.25, -0.2) is 4.79 Å². The van der Waals surface area contributed by atoms with Crippen LogP contribution in [0.15, 0.2) is 12.7 Å². The van der Waals surface area contributed by atoms with E-state index in [4.69, 9.17) is 4.74 Å². The van der Waals surface area contributed by atoms with Crippen molar-refractivity contribution in [1.82, 2.24) is 0 Å². The molecule has 4 rings (SSSR count). The fraction of sp³-hybridized carbons (Fsp3) is 0.786. The highest BCUT2D eigenvalue weighted by molar-refractivity contribution is 5.81. The molecule has 4 aliphatic rings. The fourth-order valence-corrected chi connectivity index (χ4v) is 5.13. The minimum atomic E-state index is -4.71. The average molecular weight is 306 g/mol. The van der Waals surface area contributed by atoms with Gasteiger partial charge in [0.2, 0.25) is 0 Å². The molecule has 0 aromatic carbocycles. The van der Waals surface area contributed by atoms with E-state index in [0.717, 1.165) is 6.08 Å². The Morgan fingerprint density at radius 3 is 2.43 bits per heavy atom. The van der Waals surface area contributed by atoms with Crippen LogP contribution in [-0.4, -0.2) is 39.2 Å². The van der Waals surface area contributed by atoms with Gasteiger partial charge >= 0.3 is 12.1 Å². The van der Waals surface area contributed by atoms with Crippen molar-refractivity contribution in [3.63, 3.8) is 0 Å². The summed E-state index contributed by atoms with van der Waals surface area (Å²) in [6, 6.07) is 0. The zero-order valence-corrected chi connectivity index (χ0v) is 11.3. The third-order valence-electron chi connectivity index (χ3n) is 5.07. The van der Waals surface area contributed by atoms with Crippen molar-refractivity contribution in [2.24, 2.45) is 11.8 Å². The maximum Gasteiger partial charge on any atom is 0.398 e. The Morgan fingerprint density at radius 2 is 1.90 bits per heavy atom. The first-order valence-corrected chi connectivity index (χ1v) is 6.89. The smallest absolute Gasteiger partial charge is 0.398 e. The van der Waals surface area contributed by atoms with E-state index in [1.165, 1.54) is 0 Å². The Balaban J connectivity index is 2.09. The molecule has 21 heavy (non-hydrogen) atoms. The van der Waals surface area contributed by atoms with Gasteiger partial charge in [-0.3, -0.25) is 0 Å². The Hall–Kier alpha value is -1.08. The molecule has 4 nitrogen and oxygen atoms in total. The molecule has 5 unspecified atom stereocenters. The summed E-state index contributed by atoms with van der Waals surface area (Å²) < 4.78 is 45.6. The molecule has 0 aromatic heterocycles. The molecule has 0 aromatic rings. The molecule has 4 aliphatic carbocycles. The molecular formula is C14H17F3O4. The lowest BCUT2D eigenvalue weighted by Gasteiger charge is -2.65. The molecule has 2 N–H and O–H groups in total. The summed E-state index contributed by atoms with van der Waals surface area (Å²) in [7, 11) is 0. The first-order chi connectivity index (χ1) is 9.52. The van der Waals surface area contributed by atoms with Gasteiger partial charge in [-0.2, -0.15) is 13.2 Å². The lowest BCUT2D eigenvalue weighted by molar-refractivity contribution is -0.356. The van der Waals surface area contributed by atoms with Crippen molar-refractivity contribution in [3.8, 4) is 0 Å². The van der Waals surface area contributed by atoms with E-state index in [1.807, 2.05) is 0 Å². The SMILES string of the molecule is C=CC(=O)OC12CC3CC(O)(CC(O)(C3)C1C(F)(F)F)C2. The molecule has 4 saturated carbocycles. The molecule has 7 heteroatoms. The van der Waals surface area contributed by atoms with Gasteiger partial charge in [-0.15, -0.1) is 0 Å². The summed E-state index contributed by atoms with van der Waals surface area (Å²) in [5.41, 5.74) is -5.38. The van der Waals surface area contributed by atoms with E-state index < -0.39 is 34.9 Å². The number of alkyl halides is 3. The van der Waals surface area contributed by atoms with Gasteiger partial charge in [-0.1, -0.05) is 6.58 Å². The number of esters is 1. The third kappa shape index (κ3) is 2.09. The standard InChI is InChI=1S/C14H17F3O4/c1-2-9(18)21-13-5-8-3-11(19,7-13)6-12(20,4-8)10(13)14(15,16)17/h2,8,10,19-20H,1,3-7H2. The second-order valence-corrected chi connectivity index (χ2v) is 6.82. The minimum absolute atomic E-state index is 0.0153. The molecule has 5 atom stereocenters. The molecule has 4 fully saturated rings. The van der Waals surface area contributed by atoms with Gasteiger partial charge in [-0.05, 0) is 25.2 Å². The van der Waals surface area contributed by atoms with Crippen LogP contribution < -0.4 is 0 Å². The number of ether oxygens (including phenoxy) is 1. The van der Waals surface area contributed by atoms with Gasteiger partial charge in [0.25, 0.3) is 0 Å². The van der Waals surface area contributed by atoms with E-state index in [1.54, 1.807) is 0 Å². The summed E-state index contributed by atoms with van der Waals surface area (Å²) in [6.07, 6.45) is -4.18. The van der Waals surface area contributed by atoms with Crippen LogP contribution in [0.4, 0.5) is 13.2 Å². The summed E-state index contributed by atoms with van der Waals surface area (Å²) in [4.78, 5) is 11.5. The number of hydrogen-bond donors (Lipinski definition) is 2. The zero-order valence-electron chi connectivity index (χ0n) is 11.3. The van der Waals surface area contributed by atoms with Crippen LogP contribution in [0, 0.1) is 11.8 Å². The summed E-state index contributed by atoms with van der Waals surface area (Å²) in [5.74, 6) is -3.41. The van der Waals surface area contributed by atoms with Crippen LogP contribution >= 0.6 is 0 Å². The van der Waals surface area contributed by atoms with Crippen LogP contribution in [0.1, 0.15) is 32.1 Å².